The molecule has 0 bridgehead atoms. The number of hydrogen-bond acceptors (Lipinski definition) is 3. The Kier molecular flexibility index (Phi) is 5.84. The third-order valence-electron chi connectivity index (χ3n) is 4.79. The van der Waals surface area contributed by atoms with Crippen LogP contribution in [0.5, 0.6) is 0 Å². The van der Waals surface area contributed by atoms with Crippen molar-refractivity contribution in [2.75, 3.05) is 34.2 Å². The van der Waals surface area contributed by atoms with Crippen molar-refractivity contribution < 1.29 is 8.42 Å². The molecule has 1 aromatic rings. The average Bonchev–Trinajstić information content (AvgIpc) is 2.94. The second-order valence-corrected chi connectivity index (χ2v) is 9.04. The predicted molar refractivity (Wildman–Crippen MR) is 94.2 cm³/mol. The van der Waals surface area contributed by atoms with Crippen molar-refractivity contribution in [1.29, 1.82) is 0 Å². The zero-order valence-electron chi connectivity index (χ0n) is 14.8. The molecule has 23 heavy (non-hydrogen) atoms. The van der Waals surface area contributed by atoms with E-state index in [0.717, 1.165) is 5.56 Å². The van der Waals surface area contributed by atoms with E-state index in [9.17, 15) is 8.42 Å². The number of benzene rings is 1. The molecule has 2 rings (SSSR count). The molecule has 0 amide bonds. The predicted octanol–water partition coefficient (Wildman–Crippen LogP) is 1.88. The molecule has 2 atom stereocenters. The van der Waals surface area contributed by atoms with E-state index in [1.54, 1.807) is 11.4 Å². The number of likely N-dealkylation sites (N-methyl/N-ethyl adjacent to an activating group) is 1. The first kappa shape index (κ1) is 18.4. The van der Waals surface area contributed by atoms with Crippen LogP contribution in [0.2, 0.25) is 0 Å². The summed E-state index contributed by atoms with van der Waals surface area (Å²) < 4.78 is 28.9. The van der Waals surface area contributed by atoms with Gasteiger partial charge in [0.1, 0.15) is 0 Å². The van der Waals surface area contributed by atoms with Gasteiger partial charge in [-0.15, -0.1) is 0 Å². The largest absolute Gasteiger partial charge is 0.305 e. The minimum absolute atomic E-state index is 0.273. The Bertz CT molecular complexity index is 586. The molecule has 1 heterocycles. The molecule has 1 saturated heterocycles. The van der Waals surface area contributed by atoms with Crippen LogP contribution in [0.4, 0.5) is 0 Å². The molecule has 1 aliphatic heterocycles. The van der Waals surface area contributed by atoms with E-state index >= 15 is 0 Å². The van der Waals surface area contributed by atoms with Gasteiger partial charge in [0.2, 0.25) is 0 Å². The molecule has 0 radical (unpaired) electrons. The quantitative estimate of drug-likeness (QED) is 0.795. The second-order valence-electron chi connectivity index (χ2n) is 7.01. The van der Waals surface area contributed by atoms with Gasteiger partial charge in [-0.2, -0.15) is 17.0 Å². The van der Waals surface area contributed by atoms with Crippen molar-refractivity contribution in [1.82, 2.24) is 13.5 Å². The first-order valence-electron chi connectivity index (χ1n) is 8.15. The lowest BCUT2D eigenvalue weighted by Crippen LogP contribution is -2.42. The first-order chi connectivity index (χ1) is 10.7. The number of rotatable bonds is 6. The van der Waals surface area contributed by atoms with Gasteiger partial charge in [0.15, 0.2) is 0 Å². The van der Waals surface area contributed by atoms with Crippen LogP contribution in [-0.2, 0) is 16.8 Å². The summed E-state index contributed by atoms with van der Waals surface area (Å²) in [5, 5.41) is 0. The standard InChI is InChI=1S/C17H29N3O2S/c1-14(2)16-12-20(13-17(16)18(3)4)23(21,22)19(5)11-15-9-7-6-8-10-15/h6-10,14,16-17H,11-13H2,1-5H3/t16-,17+/m0/s1. The van der Waals surface area contributed by atoms with E-state index in [1.165, 1.54) is 4.31 Å². The fourth-order valence-corrected chi connectivity index (χ4v) is 4.69. The van der Waals surface area contributed by atoms with Crippen molar-refractivity contribution in [3.8, 4) is 0 Å². The first-order valence-corrected chi connectivity index (χ1v) is 9.55. The Morgan fingerprint density at radius 1 is 1.13 bits per heavy atom. The summed E-state index contributed by atoms with van der Waals surface area (Å²) in [7, 11) is 2.30. The van der Waals surface area contributed by atoms with E-state index in [-0.39, 0.29) is 6.04 Å². The normalized spacial score (nSPS) is 23.3. The molecule has 1 aliphatic rings. The molecule has 1 aromatic carbocycles. The van der Waals surface area contributed by atoms with Crippen LogP contribution in [0.1, 0.15) is 19.4 Å². The molecular weight excluding hydrogens is 310 g/mol. The molecule has 1 fully saturated rings. The van der Waals surface area contributed by atoms with Crippen LogP contribution >= 0.6 is 0 Å². The third-order valence-corrected chi connectivity index (χ3v) is 6.65. The summed E-state index contributed by atoms with van der Waals surface area (Å²) in [6.07, 6.45) is 0. The maximum absolute atomic E-state index is 12.9. The van der Waals surface area contributed by atoms with Gasteiger partial charge in [-0.1, -0.05) is 44.2 Å². The molecule has 5 nitrogen and oxygen atoms in total. The Hall–Kier alpha value is -0.950. The third kappa shape index (κ3) is 4.12. The lowest BCUT2D eigenvalue weighted by Gasteiger charge is -2.27. The average molecular weight is 340 g/mol. The van der Waals surface area contributed by atoms with Gasteiger partial charge < -0.3 is 4.90 Å². The Morgan fingerprint density at radius 3 is 2.22 bits per heavy atom. The summed E-state index contributed by atoms with van der Waals surface area (Å²) in [6.45, 7) is 5.91. The van der Waals surface area contributed by atoms with Crippen molar-refractivity contribution in [3.05, 3.63) is 35.9 Å². The van der Waals surface area contributed by atoms with Crippen LogP contribution in [0, 0.1) is 11.8 Å². The van der Waals surface area contributed by atoms with Gasteiger partial charge in [-0.3, -0.25) is 0 Å². The number of hydrogen-bond donors (Lipinski definition) is 0. The smallest absolute Gasteiger partial charge is 0.282 e. The van der Waals surface area contributed by atoms with Crippen LogP contribution in [0.15, 0.2) is 30.3 Å². The highest BCUT2D eigenvalue weighted by Gasteiger charge is 2.42. The highest BCUT2D eigenvalue weighted by molar-refractivity contribution is 7.86. The van der Waals surface area contributed by atoms with Gasteiger partial charge >= 0.3 is 0 Å². The summed E-state index contributed by atoms with van der Waals surface area (Å²) in [5.41, 5.74) is 1.00. The van der Waals surface area contributed by atoms with Gasteiger partial charge in [-0.25, -0.2) is 0 Å². The van der Waals surface area contributed by atoms with Crippen molar-refractivity contribution in [2.24, 2.45) is 11.8 Å². The molecule has 130 valence electrons. The van der Waals surface area contributed by atoms with E-state index in [1.807, 2.05) is 44.4 Å². The topological polar surface area (TPSA) is 43.9 Å². The molecule has 0 spiro atoms. The Morgan fingerprint density at radius 2 is 1.74 bits per heavy atom. The minimum atomic E-state index is -3.43. The van der Waals surface area contributed by atoms with E-state index in [0.29, 0.717) is 31.5 Å². The fraction of sp³-hybridized carbons (Fsp3) is 0.647. The zero-order valence-corrected chi connectivity index (χ0v) is 15.6. The maximum atomic E-state index is 12.9. The van der Waals surface area contributed by atoms with Crippen LogP contribution < -0.4 is 0 Å². The molecule has 0 aromatic heterocycles. The van der Waals surface area contributed by atoms with Crippen LogP contribution in [0.3, 0.4) is 0 Å². The monoisotopic (exact) mass is 339 g/mol. The zero-order chi connectivity index (χ0) is 17.2. The summed E-state index contributed by atoms with van der Waals surface area (Å²) in [6, 6.07) is 9.98. The maximum Gasteiger partial charge on any atom is 0.282 e. The van der Waals surface area contributed by atoms with E-state index < -0.39 is 10.2 Å². The van der Waals surface area contributed by atoms with Crippen molar-refractivity contribution in [3.63, 3.8) is 0 Å². The lowest BCUT2D eigenvalue weighted by atomic mass is 9.91. The van der Waals surface area contributed by atoms with Gasteiger partial charge in [0.25, 0.3) is 10.2 Å². The second kappa shape index (κ2) is 7.30. The Balaban J connectivity index is 2.13. The fourth-order valence-electron chi connectivity index (χ4n) is 3.28. The summed E-state index contributed by atoms with van der Waals surface area (Å²) in [5.74, 6) is 0.826. The minimum Gasteiger partial charge on any atom is -0.305 e. The molecule has 0 aliphatic carbocycles. The van der Waals surface area contributed by atoms with Gasteiger partial charge in [-0.05, 0) is 31.5 Å². The highest BCUT2D eigenvalue weighted by atomic mass is 32.2. The van der Waals surface area contributed by atoms with E-state index in [4.69, 9.17) is 0 Å². The number of nitrogens with zero attached hydrogens (tertiary/aromatic N) is 3. The van der Waals surface area contributed by atoms with Crippen molar-refractivity contribution in [2.45, 2.75) is 26.4 Å². The molecule has 0 saturated carbocycles. The van der Waals surface area contributed by atoms with Gasteiger partial charge in [0.05, 0.1) is 0 Å². The Labute approximate surface area is 141 Å². The molecule has 6 heteroatoms. The lowest BCUT2D eigenvalue weighted by molar-refractivity contribution is 0.216. The molecular formula is C17H29N3O2S. The van der Waals surface area contributed by atoms with Crippen molar-refractivity contribution >= 4 is 10.2 Å². The van der Waals surface area contributed by atoms with Crippen LogP contribution in [0.25, 0.3) is 0 Å². The molecule has 0 unspecified atom stereocenters. The summed E-state index contributed by atoms with van der Waals surface area (Å²) >= 11 is 0. The van der Waals surface area contributed by atoms with Gasteiger partial charge in [0, 0.05) is 32.7 Å². The van der Waals surface area contributed by atoms with E-state index in [2.05, 4.69) is 18.7 Å². The molecule has 0 N–H and O–H groups in total. The highest BCUT2D eigenvalue weighted by Crippen LogP contribution is 2.29. The SMILES string of the molecule is CC(C)[C@@H]1CN(S(=O)(=O)N(C)Cc2ccccc2)C[C@H]1N(C)C. The summed E-state index contributed by atoms with van der Waals surface area (Å²) in [4.78, 5) is 2.15. The van der Waals surface area contributed by atoms with Crippen LogP contribution in [-0.4, -0.2) is 62.2 Å².